The Hall–Kier alpha value is -2.04. The number of ether oxygens (including phenoxy) is 1. The number of unbranched alkanes of at least 4 members (excludes halogenated alkanes) is 4. The summed E-state index contributed by atoms with van der Waals surface area (Å²) in [6.07, 6.45) is 7.40. The highest BCUT2D eigenvalue weighted by atomic mass is 16.5. The van der Waals surface area contributed by atoms with Gasteiger partial charge in [0.25, 0.3) is 0 Å². The molecule has 0 fully saturated rings. The molecule has 2 N–H and O–H groups in total. The summed E-state index contributed by atoms with van der Waals surface area (Å²) in [5.74, 6) is -0.555. The van der Waals surface area contributed by atoms with Gasteiger partial charge in [0.15, 0.2) is 0 Å². The molecule has 25 heavy (non-hydrogen) atoms. The van der Waals surface area contributed by atoms with E-state index in [9.17, 15) is 9.59 Å². The Morgan fingerprint density at radius 3 is 2.04 bits per heavy atom. The molecule has 0 unspecified atom stereocenters. The minimum Gasteiger partial charge on any atom is -0.494 e. The minimum atomic E-state index is -0.739. The molecule has 0 amide bonds. The van der Waals surface area contributed by atoms with E-state index in [1.54, 1.807) is 0 Å². The fourth-order valence-corrected chi connectivity index (χ4v) is 2.94. The number of carboxylic acid groups (broad SMARTS) is 2. The number of hydrogen-bond acceptors (Lipinski definition) is 3. The first-order valence-corrected chi connectivity index (χ1v) is 9.21. The Morgan fingerprint density at radius 1 is 0.880 bits per heavy atom. The van der Waals surface area contributed by atoms with Crippen molar-refractivity contribution in [2.24, 2.45) is 0 Å². The lowest BCUT2D eigenvalue weighted by Crippen LogP contribution is -2.02. The number of benzene rings is 1. The van der Waals surface area contributed by atoms with Crippen LogP contribution >= 0.6 is 0 Å². The van der Waals surface area contributed by atoms with Crippen molar-refractivity contribution in [2.75, 3.05) is 6.61 Å². The van der Waals surface area contributed by atoms with E-state index < -0.39 is 11.9 Å². The van der Waals surface area contributed by atoms with Gasteiger partial charge in [-0.3, -0.25) is 9.59 Å². The van der Waals surface area contributed by atoms with Crippen LogP contribution in [0.15, 0.2) is 18.2 Å². The third-order valence-electron chi connectivity index (χ3n) is 4.18. The highest BCUT2D eigenvalue weighted by molar-refractivity contribution is 5.66. The lowest BCUT2D eigenvalue weighted by atomic mass is 9.95. The summed E-state index contributed by atoms with van der Waals surface area (Å²) in [5.41, 5.74) is 2.48. The summed E-state index contributed by atoms with van der Waals surface area (Å²) in [7, 11) is 0. The first-order valence-electron chi connectivity index (χ1n) is 9.21. The fraction of sp³-hybridized carbons (Fsp3) is 0.600. The quantitative estimate of drug-likeness (QED) is 0.484. The van der Waals surface area contributed by atoms with Crippen LogP contribution < -0.4 is 4.74 Å². The van der Waals surface area contributed by atoms with E-state index in [0.29, 0.717) is 19.4 Å². The zero-order valence-electron chi connectivity index (χ0n) is 15.1. The van der Waals surface area contributed by atoms with E-state index in [-0.39, 0.29) is 12.8 Å². The predicted molar refractivity (Wildman–Crippen MR) is 97.2 cm³/mol. The minimum absolute atomic E-state index is 0.226. The maximum atomic E-state index is 10.6. The van der Waals surface area contributed by atoms with Crippen LogP contribution in [0, 0.1) is 0 Å². The van der Waals surface area contributed by atoms with Crippen molar-refractivity contribution in [2.45, 2.75) is 71.1 Å². The summed E-state index contributed by atoms with van der Waals surface area (Å²) >= 11 is 0. The smallest absolute Gasteiger partial charge is 0.303 e. The standard InChI is InChI=1S/C20H30O5/c1-2-25-18-13-9-11-16(10-5-3-7-14-19(21)22)17(18)12-6-4-8-15-20(23)24/h9,11,13H,2-8,10,12,14-15H2,1H3,(H,21,22)(H,23,24). The molecule has 0 aromatic heterocycles. The van der Waals surface area contributed by atoms with E-state index in [0.717, 1.165) is 44.3 Å². The molecule has 0 radical (unpaired) electrons. The monoisotopic (exact) mass is 350 g/mol. The third kappa shape index (κ3) is 9.13. The summed E-state index contributed by atoms with van der Waals surface area (Å²) in [6.45, 7) is 2.59. The Morgan fingerprint density at radius 2 is 1.48 bits per heavy atom. The van der Waals surface area contributed by atoms with Crippen LogP contribution in [0.5, 0.6) is 5.75 Å². The molecule has 1 rings (SSSR count). The molecule has 140 valence electrons. The second kappa shape index (κ2) is 12.3. The fourth-order valence-electron chi connectivity index (χ4n) is 2.94. The highest BCUT2D eigenvalue weighted by Gasteiger charge is 2.10. The van der Waals surface area contributed by atoms with Gasteiger partial charge in [0.1, 0.15) is 5.75 Å². The van der Waals surface area contributed by atoms with E-state index >= 15 is 0 Å². The summed E-state index contributed by atoms with van der Waals surface area (Å²) in [5, 5.41) is 17.4. The molecule has 1 aromatic carbocycles. The molecule has 0 saturated heterocycles. The Bertz CT molecular complexity index is 539. The van der Waals surface area contributed by atoms with Gasteiger partial charge in [-0.05, 0) is 62.6 Å². The topological polar surface area (TPSA) is 83.8 Å². The highest BCUT2D eigenvalue weighted by Crippen LogP contribution is 2.26. The Balaban J connectivity index is 2.57. The summed E-state index contributed by atoms with van der Waals surface area (Å²) < 4.78 is 5.76. The van der Waals surface area contributed by atoms with E-state index in [1.807, 2.05) is 19.1 Å². The van der Waals surface area contributed by atoms with Crippen LogP contribution in [-0.4, -0.2) is 28.8 Å². The first-order chi connectivity index (χ1) is 12.0. The van der Waals surface area contributed by atoms with Gasteiger partial charge in [-0.25, -0.2) is 0 Å². The van der Waals surface area contributed by atoms with Crippen LogP contribution in [0.4, 0.5) is 0 Å². The Labute approximate surface area is 150 Å². The molecule has 0 atom stereocenters. The molecule has 0 aliphatic rings. The summed E-state index contributed by atoms with van der Waals surface area (Å²) in [6, 6.07) is 6.11. The van der Waals surface area contributed by atoms with Gasteiger partial charge in [-0.15, -0.1) is 0 Å². The average Bonchev–Trinajstić information content (AvgIpc) is 2.55. The normalized spacial score (nSPS) is 10.6. The van der Waals surface area contributed by atoms with Crippen molar-refractivity contribution in [1.82, 2.24) is 0 Å². The zero-order valence-corrected chi connectivity index (χ0v) is 15.1. The van der Waals surface area contributed by atoms with Crippen LogP contribution in [0.3, 0.4) is 0 Å². The van der Waals surface area contributed by atoms with E-state index in [4.69, 9.17) is 14.9 Å². The molecule has 0 bridgehead atoms. The summed E-state index contributed by atoms with van der Waals surface area (Å²) in [4.78, 5) is 21.1. The number of carbonyl (C=O) groups is 2. The molecule has 0 aliphatic heterocycles. The lowest BCUT2D eigenvalue weighted by molar-refractivity contribution is -0.138. The molecule has 0 spiro atoms. The van der Waals surface area contributed by atoms with Crippen LogP contribution in [0.1, 0.15) is 69.4 Å². The predicted octanol–water partition coefficient (Wildman–Crippen LogP) is 4.46. The largest absolute Gasteiger partial charge is 0.494 e. The molecule has 5 heteroatoms. The maximum absolute atomic E-state index is 10.6. The third-order valence-corrected chi connectivity index (χ3v) is 4.18. The van der Waals surface area contributed by atoms with Gasteiger partial charge in [-0.2, -0.15) is 0 Å². The molecule has 0 saturated carbocycles. The van der Waals surface area contributed by atoms with Crippen molar-refractivity contribution in [1.29, 1.82) is 0 Å². The molecule has 1 aromatic rings. The van der Waals surface area contributed by atoms with Gasteiger partial charge < -0.3 is 14.9 Å². The van der Waals surface area contributed by atoms with Crippen molar-refractivity contribution < 1.29 is 24.5 Å². The van der Waals surface area contributed by atoms with Crippen LogP contribution in [0.25, 0.3) is 0 Å². The number of rotatable bonds is 14. The van der Waals surface area contributed by atoms with Crippen molar-refractivity contribution in [3.05, 3.63) is 29.3 Å². The number of aliphatic carboxylic acids is 2. The van der Waals surface area contributed by atoms with E-state index in [2.05, 4.69) is 6.07 Å². The van der Waals surface area contributed by atoms with Crippen molar-refractivity contribution in [3.63, 3.8) is 0 Å². The molecule has 5 nitrogen and oxygen atoms in total. The first kappa shape index (κ1) is 21.0. The maximum Gasteiger partial charge on any atom is 0.303 e. The lowest BCUT2D eigenvalue weighted by Gasteiger charge is -2.15. The number of hydrogen-bond donors (Lipinski definition) is 2. The van der Waals surface area contributed by atoms with Gasteiger partial charge in [0.2, 0.25) is 0 Å². The van der Waals surface area contributed by atoms with Gasteiger partial charge in [-0.1, -0.05) is 25.0 Å². The number of aryl methyl sites for hydroxylation is 1. The Kier molecular flexibility index (Phi) is 10.4. The SMILES string of the molecule is CCOc1cccc(CCCCCC(=O)O)c1CCCCCC(=O)O. The number of carboxylic acids is 2. The van der Waals surface area contributed by atoms with Crippen molar-refractivity contribution >= 4 is 11.9 Å². The second-order valence-corrected chi connectivity index (χ2v) is 6.24. The zero-order chi connectivity index (χ0) is 18.5. The molecular weight excluding hydrogens is 320 g/mol. The molecular formula is C20H30O5. The van der Waals surface area contributed by atoms with Gasteiger partial charge >= 0.3 is 11.9 Å². The molecule has 0 aliphatic carbocycles. The second-order valence-electron chi connectivity index (χ2n) is 6.24. The van der Waals surface area contributed by atoms with Crippen LogP contribution in [-0.2, 0) is 22.4 Å². The van der Waals surface area contributed by atoms with Crippen LogP contribution in [0.2, 0.25) is 0 Å². The van der Waals surface area contributed by atoms with Gasteiger partial charge in [0.05, 0.1) is 6.61 Å². The molecule has 0 heterocycles. The average molecular weight is 350 g/mol. The van der Waals surface area contributed by atoms with E-state index in [1.165, 1.54) is 11.1 Å². The van der Waals surface area contributed by atoms with Crippen molar-refractivity contribution in [3.8, 4) is 5.75 Å². The van der Waals surface area contributed by atoms with Gasteiger partial charge in [0, 0.05) is 12.8 Å².